The standard InChI is InChI=1S/C31H54O2/c1-3-5-7-9-11-13-14-16-18-21-25-29(24-20-17-15-12-10-8-6-4-2)28-33-31(32)30-26-22-19-23-27-30/h19,22-23,26-27,29H,3-18,20-21,24-25,28H2,1-2H3. The van der Waals surface area contributed by atoms with Gasteiger partial charge in [0.25, 0.3) is 0 Å². The molecule has 33 heavy (non-hydrogen) atoms. The van der Waals surface area contributed by atoms with Crippen molar-refractivity contribution in [1.82, 2.24) is 0 Å². The van der Waals surface area contributed by atoms with Gasteiger partial charge in [-0.1, -0.05) is 148 Å². The molecule has 190 valence electrons. The number of hydrogen-bond acceptors (Lipinski definition) is 2. The minimum atomic E-state index is -0.167. The number of esters is 1. The van der Waals surface area contributed by atoms with Crippen molar-refractivity contribution in [3.8, 4) is 0 Å². The van der Waals surface area contributed by atoms with Crippen LogP contribution in [0, 0.1) is 5.92 Å². The lowest BCUT2D eigenvalue weighted by Gasteiger charge is -2.17. The molecular weight excluding hydrogens is 404 g/mol. The molecule has 1 atom stereocenters. The summed E-state index contributed by atoms with van der Waals surface area (Å²) in [6.45, 7) is 5.14. The molecule has 1 aromatic rings. The van der Waals surface area contributed by atoms with Crippen molar-refractivity contribution in [2.24, 2.45) is 5.92 Å². The molecule has 0 spiro atoms. The quantitative estimate of drug-likeness (QED) is 0.120. The Kier molecular flexibility index (Phi) is 20.2. The lowest BCUT2D eigenvalue weighted by atomic mass is 9.94. The zero-order chi connectivity index (χ0) is 23.8. The molecule has 0 fully saturated rings. The molecule has 2 heteroatoms. The molecule has 0 aliphatic rings. The Balaban J connectivity index is 2.22. The molecular formula is C31H54O2. The van der Waals surface area contributed by atoms with E-state index >= 15 is 0 Å². The summed E-state index contributed by atoms with van der Waals surface area (Å²) in [6, 6.07) is 9.43. The number of hydrogen-bond donors (Lipinski definition) is 0. The highest BCUT2D eigenvalue weighted by atomic mass is 16.5. The lowest BCUT2D eigenvalue weighted by molar-refractivity contribution is 0.0422. The number of rotatable bonds is 23. The average Bonchev–Trinajstić information content (AvgIpc) is 2.85. The van der Waals surface area contributed by atoms with Gasteiger partial charge in [-0.25, -0.2) is 4.79 Å². The van der Waals surface area contributed by atoms with E-state index < -0.39 is 0 Å². The summed E-state index contributed by atoms with van der Waals surface area (Å²) >= 11 is 0. The normalized spacial score (nSPS) is 12.1. The van der Waals surface area contributed by atoms with Gasteiger partial charge in [0, 0.05) is 0 Å². The number of carbonyl (C=O) groups is 1. The Morgan fingerprint density at radius 1 is 0.606 bits per heavy atom. The molecule has 2 nitrogen and oxygen atoms in total. The smallest absolute Gasteiger partial charge is 0.338 e. The summed E-state index contributed by atoms with van der Waals surface area (Å²) in [6.07, 6.45) is 27.0. The van der Waals surface area contributed by atoms with Gasteiger partial charge in [0.2, 0.25) is 0 Å². The molecule has 0 heterocycles. The van der Waals surface area contributed by atoms with Crippen LogP contribution >= 0.6 is 0 Å². The van der Waals surface area contributed by atoms with Gasteiger partial charge in [-0.3, -0.25) is 0 Å². The summed E-state index contributed by atoms with van der Waals surface area (Å²) in [5.74, 6) is 0.353. The van der Waals surface area contributed by atoms with Gasteiger partial charge in [0.05, 0.1) is 12.2 Å². The van der Waals surface area contributed by atoms with E-state index in [1.807, 2.05) is 30.3 Å². The summed E-state index contributed by atoms with van der Waals surface area (Å²) in [4.78, 5) is 12.4. The van der Waals surface area contributed by atoms with E-state index in [9.17, 15) is 4.79 Å². The predicted octanol–water partition coefficient (Wildman–Crippen LogP) is 10.3. The minimum absolute atomic E-state index is 0.167. The van der Waals surface area contributed by atoms with Crippen LogP contribution in [0.3, 0.4) is 0 Å². The van der Waals surface area contributed by atoms with Gasteiger partial charge >= 0.3 is 5.97 Å². The van der Waals surface area contributed by atoms with Crippen LogP contribution < -0.4 is 0 Å². The van der Waals surface area contributed by atoms with E-state index in [-0.39, 0.29) is 5.97 Å². The van der Waals surface area contributed by atoms with Crippen molar-refractivity contribution in [3.05, 3.63) is 35.9 Å². The van der Waals surface area contributed by atoms with E-state index in [1.54, 1.807) is 0 Å². The zero-order valence-electron chi connectivity index (χ0n) is 22.1. The third kappa shape index (κ3) is 17.8. The van der Waals surface area contributed by atoms with Crippen LogP contribution in [-0.4, -0.2) is 12.6 Å². The van der Waals surface area contributed by atoms with Crippen LogP contribution in [0.5, 0.6) is 0 Å². The first-order chi connectivity index (χ1) is 16.3. The fraction of sp³-hybridized carbons (Fsp3) is 0.774. The van der Waals surface area contributed by atoms with Crippen molar-refractivity contribution in [2.75, 3.05) is 6.61 Å². The molecule has 0 saturated carbocycles. The second kappa shape index (κ2) is 22.5. The van der Waals surface area contributed by atoms with Crippen LogP contribution in [0.15, 0.2) is 30.3 Å². The van der Waals surface area contributed by atoms with Gasteiger partial charge in [-0.15, -0.1) is 0 Å². The first-order valence-electron chi connectivity index (χ1n) is 14.5. The summed E-state index contributed by atoms with van der Waals surface area (Å²) < 4.78 is 5.72. The zero-order valence-corrected chi connectivity index (χ0v) is 22.1. The molecule has 0 aliphatic carbocycles. The molecule has 0 saturated heterocycles. The fourth-order valence-electron chi connectivity index (χ4n) is 4.65. The predicted molar refractivity (Wildman–Crippen MR) is 144 cm³/mol. The van der Waals surface area contributed by atoms with Crippen molar-refractivity contribution >= 4 is 5.97 Å². The Hall–Kier alpha value is -1.31. The van der Waals surface area contributed by atoms with E-state index in [0.29, 0.717) is 18.1 Å². The average molecular weight is 459 g/mol. The van der Waals surface area contributed by atoms with Gasteiger partial charge in [0.15, 0.2) is 0 Å². The molecule has 0 bridgehead atoms. The maximum Gasteiger partial charge on any atom is 0.338 e. The SMILES string of the molecule is CCCCCCCCCCCCC(CCCCCCCCCC)COC(=O)c1ccccc1. The molecule has 0 aliphatic heterocycles. The molecule has 0 amide bonds. The number of benzene rings is 1. The maximum absolute atomic E-state index is 12.4. The minimum Gasteiger partial charge on any atom is -0.462 e. The highest BCUT2D eigenvalue weighted by Crippen LogP contribution is 2.21. The first kappa shape index (κ1) is 29.7. The molecule has 0 N–H and O–H groups in total. The number of carbonyl (C=O) groups excluding carboxylic acids is 1. The monoisotopic (exact) mass is 458 g/mol. The molecule has 1 aromatic carbocycles. The largest absolute Gasteiger partial charge is 0.462 e. The highest BCUT2D eigenvalue weighted by molar-refractivity contribution is 5.89. The van der Waals surface area contributed by atoms with E-state index in [1.165, 1.54) is 128 Å². The van der Waals surface area contributed by atoms with Crippen LogP contribution in [0.25, 0.3) is 0 Å². The Bertz CT molecular complexity index is 539. The van der Waals surface area contributed by atoms with E-state index in [0.717, 1.165) is 0 Å². The van der Waals surface area contributed by atoms with Crippen molar-refractivity contribution < 1.29 is 9.53 Å². The molecule has 1 unspecified atom stereocenters. The summed E-state index contributed by atoms with van der Waals surface area (Å²) in [5.41, 5.74) is 0.669. The van der Waals surface area contributed by atoms with Crippen LogP contribution in [0.4, 0.5) is 0 Å². The lowest BCUT2D eigenvalue weighted by Crippen LogP contribution is -2.15. The first-order valence-corrected chi connectivity index (χ1v) is 14.5. The Morgan fingerprint density at radius 3 is 1.42 bits per heavy atom. The molecule has 1 rings (SSSR count). The Morgan fingerprint density at radius 2 is 1.00 bits per heavy atom. The second-order valence-electron chi connectivity index (χ2n) is 10.1. The molecule has 0 radical (unpaired) electrons. The maximum atomic E-state index is 12.4. The van der Waals surface area contributed by atoms with Gasteiger partial charge in [0.1, 0.15) is 0 Å². The van der Waals surface area contributed by atoms with E-state index in [4.69, 9.17) is 4.74 Å². The third-order valence-electron chi connectivity index (χ3n) is 6.89. The van der Waals surface area contributed by atoms with Gasteiger partial charge in [-0.2, -0.15) is 0 Å². The van der Waals surface area contributed by atoms with Crippen LogP contribution in [0.2, 0.25) is 0 Å². The third-order valence-corrected chi connectivity index (χ3v) is 6.89. The second-order valence-corrected chi connectivity index (χ2v) is 10.1. The number of ether oxygens (including phenoxy) is 1. The number of unbranched alkanes of at least 4 members (excludes halogenated alkanes) is 16. The van der Waals surface area contributed by atoms with Gasteiger partial charge in [-0.05, 0) is 30.9 Å². The topological polar surface area (TPSA) is 26.3 Å². The summed E-state index contributed by atoms with van der Waals surface area (Å²) in [7, 11) is 0. The van der Waals surface area contributed by atoms with Crippen molar-refractivity contribution in [1.29, 1.82) is 0 Å². The Labute approximate surface area is 206 Å². The van der Waals surface area contributed by atoms with Crippen LogP contribution in [-0.2, 0) is 4.74 Å². The fourth-order valence-corrected chi connectivity index (χ4v) is 4.65. The van der Waals surface area contributed by atoms with Gasteiger partial charge < -0.3 is 4.74 Å². The summed E-state index contributed by atoms with van der Waals surface area (Å²) in [5, 5.41) is 0. The highest BCUT2D eigenvalue weighted by Gasteiger charge is 2.13. The molecule has 0 aromatic heterocycles. The van der Waals surface area contributed by atoms with Crippen molar-refractivity contribution in [3.63, 3.8) is 0 Å². The van der Waals surface area contributed by atoms with Crippen LogP contribution in [0.1, 0.15) is 153 Å². The van der Waals surface area contributed by atoms with E-state index in [2.05, 4.69) is 13.8 Å². The van der Waals surface area contributed by atoms with Crippen molar-refractivity contribution in [2.45, 2.75) is 142 Å².